The second kappa shape index (κ2) is 12.3. The Labute approximate surface area is 228 Å². The summed E-state index contributed by atoms with van der Waals surface area (Å²) in [6.07, 6.45) is 4.34. The molecule has 2 aromatic heterocycles. The van der Waals surface area contributed by atoms with Crippen molar-refractivity contribution in [2.24, 2.45) is 11.7 Å². The van der Waals surface area contributed by atoms with Gasteiger partial charge in [0.25, 0.3) is 0 Å². The molecule has 2 atom stereocenters. The number of piperidine rings is 2. The lowest BCUT2D eigenvalue weighted by molar-refractivity contribution is 0.219. The van der Waals surface area contributed by atoms with Gasteiger partial charge in [-0.1, -0.05) is 19.0 Å². The van der Waals surface area contributed by atoms with E-state index in [-0.39, 0.29) is 30.3 Å². The molecule has 2 aliphatic rings. The zero-order valence-corrected chi connectivity index (χ0v) is 22.5. The molecule has 4 heterocycles. The fourth-order valence-electron chi connectivity index (χ4n) is 5.11. The zero-order chi connectivity index (χ0) is 25.9. The Bertz CT molecular complexity index is 1190. The first kappa shape index (κ1) is 28.0. The van der Waals surface area contributed by atoms with Crippen molar-refractivity contribution in [3.63, 3.8) is 0 Å². The summed E-state index contributed by atoms with van der Waals surface area (Å²) in [4.78, 5) is 13.3. The summed E-state index contributed by atoms with van der Waals surface area (Å²) in [5.41, 5.74) is 6.73. The molecule has 0 unspecified atom stereocenters. The number of rotatable bonds is 7. The van der Waals surface area contributed by atoms with Gasteiger partial charge in [0.05, 0.1) is 12.8 Å². The van der Waals surface area contributed by atoms with Crippen LogP contribution in [-0.4, -0.2) is 54.0 Å². The number of hydrogen-bond acceptors (Lipinski definition) is 8. The Balaban J connectivity index is 0.00000336. The minimum Gasteiger partial charge on any atom is -0.492 e. The van der Waals surface area contributed by atoms with Gasteiger partial charge < -0.3 is 24.8 Å². The summed E-state index contributed by atoms with van der Waals surface area (Å²) in [6, 6.07) is 7.70. The standard InChI is InChI=1S/C27H34F2N6O2.ClH/c1-17(2)26-32-27(37-33-26)34-10-7-18(8-11-34)16-36-20-4-6-25(31-14-20)35-12-9-21(24(30)15-35)22-13-19(28)3-5-23(22)29;/h3-6,13-14,17-18,21,24H,7-12,15-16,30H2,1-2H3;1H/t21-,24+;/m1./s1. The monoisotopic (exact) mass is 548 g/mol. The molecule has 2 aliphatic heterocycles. The summed E-state index contributed by atoms with van der Waals surface area (Å²) in [5.74, 6) is 1.89. The SMILES string of the molecule is CC(C)c1noc(N2CCC(COc3ccc(N4CC[C@H](c5cc(F)ccc5F)[C@@H](N)C4)nc3)CC2)n1.Cl. The van der Waals surface area contributed by atoms with Crippen molar-refractivity contribution in [2.45, 2.75) is 51.0 Å². The molecule has 0 bridgehead atoms. The van der Waals surface area contributed by atoms with Crippen molar-refractivity contribution in [1.82, 2.24) is 15.1 Å². The summed E-state index contributed by atoms with van der Waals surface area (Å²) in [6.45, 7) is 7.64. The second-order valence-corrected chi connectivity index (χ2v) is 10.4. The normalized spacial score (nSPS) is 20.5. The Hall–Kier alpha value is -2.98. The molecule has 1 aromatic carbocycles. The zero-order valence-electron chi connectivity index (χ0n) is 21.7. The Morgan fingerprint density at radius 2 is 1.84 bits per heavy atom. The average Bonchev–Trinajstić information content (AvgIpc) is 3.41. The average molecular weight is 549 g/mol. The summed E-state index contributed by atoms with van der Waals surface area (Å²) in [7, 11) is 0. The molecule has 0 amide bonds. The molecule has 38 heavy (non-hydrogen) atoms. The van der Waals surface area contributed by atoms with E-state index in [0.29, 0.717) is 43.6 Å². The predicted molar refractivity (Wildman–Crippen MR) is 144 cm³/mol. The van der Waals surface area contributed by atoms with Crippen LogP contribution in [0.5, 0.6) is 5.75 Å². The highest BCUT2D eigenvalue weighted by Gasteiger charge is 2.30. The molecular weight excluding hydrogens is 514 g/mol. The van der Waals surface area contributed by atoms with Crippen LogP contribution in [0.2, 0.25) is 0 Å². The van der Waals surface area contributed by atoms with Gasteiger partial charge in [-0.3, -0.25) is 0 Å². The third-order valence-corrected chi connectivity index (χ3v) is 7.38. The lowest BCUT2D eigenvalue weighted by Crippen LogP contribution is -2.48. The highest BCUT2D eigenvalue weighted by molar-refractivity contribution is 5.85. The van der Waals surface area contributed by atoms with Crippen molar-refractivity contribution < 1.29 is 18.0 Å². The highest BCUT2D eigenvalue weighted by Crippen LogP contribution is 2.32. The molecule has 0 spiro atoms. The molecule has 11 heteroatoms. The van der Waals surface area contributed by atoms with Crippen LogP contribution in [-0.2, 0) is 0 Å². The first-order chi connectivity index (χ1) is 17.9. The molecule has 3 aromatic rings. The van der Waals surface area contributed by atoms with E-state index >= 15 is 0 Å². The van der Waals surface area contributed by atoms with E-state index in [1.165, 1.54) is 12.1 Å². The van der Waals surface area contributed by atoms with E-state index in [0.717, 1.165) is 49.4 Å². The minimum atomic E-state index is -0.444. The summed E-state index contributed by atoms with van der Waals surface area (Å²) < 4.78 is 39.4. The number of benzene rings is 1. The molecule has 5 rings (SSSR count). The quantitative estimate of drug-likeness (QED) is 0.445. The fraction of sp³-hybridized carbons (Fsp3) is 0.519. The Morgan fingerprint density at radius 3 is 2.50 bits per heavy atom. The van der Waals surface area contributed by atoms with Crippen molar-refractivity contribution in [1.29, 1.82) is 0 Å². The van der Waals surface area contributed by atoms with Crippen LogP contribution in [0.3, 0.4) is 0 Å². The molecule has 2 fully saturated rings. The first-order valence-corrected chi connectivity index (χ1v) is 13.0. The van der Waals surface area contributed by atoms with Crippen molar-refractivity contribution >= 4 is 24.2 Å². The molecule has 0 aliphatic carbocycles. The number of aromatic nitrogens is 3. The van der Waals surface area contributed by atoms with Crippen LogP contribution in [0.15, 0.2) is 41.1 Å². The van der Waals surface area contributed by atoms with Gasteiger partial charge in [-0.05, 0) is 61.1 Å². The van der Waals surface area contributed by atoms with Gasteiger partial charge >= 0.3 is 6.01 Å². The number of nitrogens with two attached hydrogens (primary N) is 1. The van der Waals surface area contributed by atoms with Crippen LogP contribution < -0.4 is 20.3 Å². The van der Waals surface area contributed by atoms with Crippen LogP contribution >= 0.6 is 12.4 Å². The molecule has 0 radical (unpaired) electrons. The van der Waals surface area contributed by atoms with E-state index in [4.69, 9.17) is 15.0 Å². The van der Waals surface area contributed by atoms with Gasteiger partial charge in [0.15, 0.2) is 5.82 Å². The number of ether oxygens (including phenoxy) is 1. The largest absolute Gasteiger partial charge is 0.492 e. The first-order valence-electron chi connectivity index (χ1n) is 13.0. The minimum absolute atomic E-state index is 0. The van der Waals surface area contributed by atoms with Crippen LogP contribution in [0, 0.1) is 17.6 Å². The van der Waals surface area contributed by atoms with Gasteiger partial charge in [0, 0.05) is 44.1 Å². The maximum atomic E-state index is 14.2. The van der Waals surface area contributed by atoms with Crippen LogP contribution in [0.1, 0.15) is 56.3 Å². The number of anilines is 2. The Kier molecular flexibility index (Phi) is 9.04. The van der Waals surface area contributed by atoms with Gasteiger partial charge in [0.1, 0.15) is 23.2 Å². The topological polar surface area (TPSA) is 93.5 Å². The third-order valence-electron chi connectivity index (χ3n) is 7.38. The number of nitrogens with zero attached hydrogens (tertiary/aromatic N) is 5. The lowest BCUT2D eigenvalue weighted by atomic mass is 9.85. The fourth-order valence-corrected chi connectivity index (χ4v) is 5.11. The molecule has 0 saturated carbocycles. The van der Waals surface area contributed by atoms with Crippen molar-refractivity contribution in [3.8, 4) is 5.75 Å². The molecule has 2 N–H and O–H groups in total. The van der Waals surface area contributed by atoms with Crippen LogP contribution in [0.25, 0.3) is 0 Å². The maximum Gasteiger partial charge on any atom is 0.324 e. The predicted octanol–water partition coefficient (Wildman–Crippen LogP) is 4.90. The van der Waals surface area contributed by atoms with Gasteiger partial charge in [0.2, 0.25) is 0 Å². The molecule has 206 valence electrons. The van der Waals surface area contributed by atoms with Gasteiger partial charge in [-0.15, -0.1) is 12.4 Å². The van der Waals surface area contributed by atoms with Gasteiger partial charge in [-0.2, -0.15) is 4.98 Å². The smallest absolute Gasteiger partial charge is 0.324 e. The van der Waals surface area contributed by atoms with Crippen molar-refractivity contribution in [2.75, 3.05) is 42.6 Å². The number of pyridine rings is 1. The molecule has 8 nitrogen and oxygen atoms in total. The summed E-state index contributed by atoms with van der Waals surface area (Å²) in [5, 5.41) is 4.06. The van der Waals surface area contributed by atoms with E-state index < -0.39 is 11.6 Å². The molecule has 2 saturated heterocycles. The van der Waals surface area contributed by atoms with E-state index in [1.807, 2.05) is 26.0 Å². The lowest BCUT2D eigenvalue weighted by Gasteiger charge is -2.37. The van der Waals surface area contributed by atoms with E-state index in [9.17, 15) is 8.78 Å². The number of halogens is 3. The summed E-state index contributed by atoms with van der Waals surface area (Å²) >= 11 is 0. The van der Waals surface area contributed by atoms with E-state index in [1.54, 1.807) is 6.20 Å². The van der Waals surface area contributed by atoms with E-state index in [2.05, 4.69) is 24.9 Å². The Morgan fingerprint density at radius 1 is 1.08 bits per heavy atom. The van der Waals surface area contributed by atoms with Crippen LogP contribution in [0.4, 0.5) is 20.6 Å². The maximum absolute atomic E-state index is 14.2. The molecular formula is C27H35ClF2N6O2. The highest BCUT2D eigenvalue weighted by atomic mass is 35.5. The third kappa shape index (κ3) is 6.35. The number of hydrogen-bond donors (Lipinski definition) is 1. The van der Waals surface area contributed by atoms with Gasteiger partial charge in [-0.25, -0.2) is 13.8 Å². The second-order valence-electron chi connectivity index (χ2n) is 10.4. The van der Waals surface area contributed by atoms with Crippen molar-refractivity contribution in [3.05, 3.63) is 59.6 Å².